The van der Waals surface area contributed by atoms with Gasteiger partial charge in [-0.05, 0) is 42.4 Å². The molecule has 1 aromatic carbocycles. The Hall–Kier alpha value is -0.530. The van der Waals surface area contributed by atoms with E-state index in [-0.39, 0.29) is 5.82 Å². The lowest BCUT2D eigenvalue weighted by Crippen LogP contribution is -2.22. The topological polar surface area (TPSA) is 23.8 Å². The van der Waals surface area contributed by atoms with Crippen LogP contribution in [0, 0.1) is 17.1 Å². The molecule has 0 aliphatic carbocycles. The zero-order valence-electron chi connectivity index (χ0n) is 8.67. The zero-order valence-corrected chi connectivity index (χ0v) is 11.1. The summed E-state index contributed by atoms with van der Waals surface area (Å²) in [5, 5.41) is 9.23. The Morgan fingerprint density at radius 1 is 1.56 bits per heavy atom. The van der Waals surface area contributed by atoms with Crippen molar-refractivity contribution >= 4 is 27.7 Å². The van der Waals surface area contributed by atoms with Crippen LogP contribution < -0.4 is 0 Å². The highest BCUT2D eigenvalue weighted by Gasteiger charge is 2.35. The van der Waals surface area contributed by atoms with Crippen LogP contribution in [0.4, 0.5) is 4.39 Å². The Bertz CT molecular complexity index is 435. The molecular weight excluding hydrogens is 289 g/mol. The van der Waals surface area contributed by atoms with Gasteiger partial charge in [-0.25, -0.2) is 4.39 Å². The molecule has 0 amide bonds. The van der Waals surface area contributed by atoms with Gasteiger partial charge in [0.15, 0.2) is 0 Å². The first-order valence-corrected chi connectivity index (χ1v) is 6.92. The molecule has 84 valence electrons. The second kappa shape index (κ2) is 4.77. The predicted octanol–water partition coefficient (Wildman–Crippen LogP) is 3.92. The van der Waals surface area contributed by atoms with E-state index in [9.17, 15) is 9.65 Å². The van der Waals surface area contributed by atoms with Gasteiger partial charge >= 0.3 is 0 Å². The maximum Gasteiger partial charge on any atom is 0.126 e. The van der Waals surface area contributed by atoms with Gasteiger partial charge in [0, 0.05) is 10.9 Å². The molecule has 0 saturated carbocycles. The van der Waals surface area contributed by atoms with Crippen LogP contribution in [0.25, 0.3) is 0 Å². The maximum absolute atomic E-state index is 13.6. The molecule has 1 aromatic rings. The van der Waals surface area contributed by atoms with E-state index in [4.69, 9.17) is 0 Å². The Morgan fingerprint density at radius 2 is 2.38 bits per heavy atom. The molecule has 1 saturated heterocycles. The number of hydrogen-bond donors (Lipinski definition) is 0. The first kappa shape index (κ1) is 11.9. The average Bonchev–Trinajstić information content (AvgIpc) is 2.73. The van der Waals surface area contributed by atoms with E-state index in [1.54, 1.807) is 23.9 Å². The molecular formula is C12H11BrFNS. The summed E-state index contributed by atoms with van der Waals surface area (Å²) in [5.74, 6) is 0.786. The van der Waals surface area contributed by atoms with E-state index in [1.165, 1.54) is 6.07 Å². The summed E-state index contributed by atoms with van der Waals surface area (Å²) in [6.07, 6.45) is 2.41. The molecule has 16 heavy (non-hydrogen) atoms. The first-order chi connectivity index (χ1) is 7.65. The van der Waals surface area contributed by atoms with Crippen LogP contribution in [0.5, 0.6) is 0 Å². The van der Waals surface area contributed by atoms with Crippen molar-refractivity contribution in [2.45, 2.75) is 24.0 Å². The molecule has 1 nitrogen and oxygen atoms in total. The third-order valence-corrected chi connectivity index (χ3v) is 4.77. The standard InChI is InChI=1S/C12H11BrFNS/c13-10-2-3-11(14)9(6-10)7-12(8-15)4-1-5-16-12/h2-3,6H,1,4-5,7H2. The van der Waals surface area contributed by atoms with Crippen molar-refractivity contribution < 1.29 is 4.39 Å². The fourth-order valence-electron chi connectivity index (χ4n) is 1.95. The monoisotopic (exact) mass is 299 g/mol. The number of hydrogen-bond acceptors (Lipinski definition) is 2. The van der Waals surface area contributed by atoms with Gasteiger partial charge in [0.2, 0.25) is 0 Å². The summed E-state index contributed by atoms with van der Waals surface area (Å²) in [5.41, 5.74) is 0.630. The van der Waals surface area contributed by atoms with Crippen molar-refractivity contribution in [1.29, 1.82) is 5.26 Å². The minimum absolute atomic E-state index is 0.217. The summed E-state index contributed by atoms with van der Waals surface area (Å²) < 4.78 is 14.0. The molecule has 1 aliphatic heterocycles. The minimum atomic E-state index is -0.415. The van der Waals surface area contributed by atoms with Crippen LogP contribution in [-0.4, -0.2) is 10.5 Å². The summed E-state index contributed by atoms with van der Waals surface area (Å²) in [4.78, 5) is 0. The van der Waals surface area contributed by atoms with Gasteiger partial charge in [0.1, 0.15) is 10.6 Å². The SMILES string of the molecule is N#CC1(Cc2cc(Br)ccc2F)CCCS1. The summed E-state index contributed by atoms with van der Waals surface area (Å²) >= 11 is 4.98. The molecule has 1 fully saturated rings. The maximum atomic E-state index is 13.6. The fourth-order valence-corrected chi connectivity index (χ4v) is 3.65. The van der Waals surface area contributed by atoms with E-state index in [1.807, 2.05) is 0 Å². The van der Waals surface area contributed by atoms with Crippen LogP contribution in [0.2, 0.25) is 0 Å². The highest BCUT2D eigenvalue weighted by atomic mass is 79.9. The molecule has 0 radical (unpaired) electrons. The van der Waals surface area contributed by atoms with E-state index < -0.39 is 4.75 Å². The van der Waals surface area contributed by atoms with Gasteiger partial charge in [0.05, 0.1) is 6.07 Å². The van der Waals surface area contributed by atoms with Crippen LogP contribution in [0.1, 0.15) is 18.4 Å². The Morgan fingerprint density at radius 3 is 3.00 bits per heavy atom. The lowest BCUT2D eigenvalue weighted by molar-refractivity contribution is 0.587. The highest BCUT2D eigenvalue weighted by molar-refractivity contribution is 9.10. The Balaban J connectivity index is 2.26. The van der Waals surface area contributed by atoms with Crippen molar-refractivity contribution in [2.75, 3.05) is 5.75 Å². The molecule has 0 aromatic heterocycles. The lowest BCUT2D eigenvalue weighted by atomic mass is 9.95. The molecule has 1 unspecified atom stereocenters. The van der Waals surface area contributed by atoms with Gasteiger partial charge in [0.25, 0.3) is 0 Å². The van der Waals surface area contributed by atoms with Gasteiger partial charge < -0.3 is 0 Å². The van der Waals surface area contributed by atoms with Crippen molar-refractivity contribution in [3.8, 4) is 6.07 Å². The van der Waals surface area contributed by atoms with Gasteiger partial charge in [-0.2, -0.15) is 5.26 Å². The zero-order chi connectivity index (χ0) is 11.6. The molecule has 0 N–H and O–H groups in total. The fraction of sp³-hybridized carbons (Fsp3) is 0.417. The predicted molar refractivity (Wildman–Crippen MR) is 67.8 cm³/mol. The second-order valence-corrected chi connectivity index (χ2v) is 6.36. The highest BCUT2D eigenvalue weighted by Crippen LogP contribution is 2.40. The number of rotatable bonds is 2. The third-order valence-electron chi connectivity index (χ3n) is 2.79. The number of benzene rings is 1. The molecule has 0 spiro atoms. The molecule has 2 rings (SSSR count). The normalized spacial score (nSPS) is 24.3. The van der Waals surface area contributed by atoms with E-state index in [2.05, 4.69) is 22.0 Å². The van der Waals surface area contributed by atoms with Gasteiger partial charge in [-0.1, -0.05) is 15.9 Å². The number of halogens is 2. The van der Waals surface area contributed by atoms with Crippen LogP contribution in [0.15, 0.2) is 22.7 Å². The lowest BCUT2D eigenvalue weighted by Gasteiger charge is -2.19. The van der Waals surface area contributed by atoms with Crippen molar-refractivity contribution in [1.82, 2.24) is 0 Å². The molecule has 1 atom stereocenters. The summed E-state index contributed by atoms with van der Waals surface area (Å²) in [6.45, 7) is 0. The largest absolute Gasteiger partial charge is 0.207 e. The quantitative estimate of drug-likeness (QED) is 0.826. The minimum Gasteiger partial charge on any atom is -0.207 e. The Kier molecular flexibility index (Phi) is 3.56. The van der Waals surface area contributed by atoms with Crippen molar-refractivity contribution in [3.05, 3.63) is 34.1 Å². The average molecular weight is 300 g/mol. The molecule has 4 heteroatoms. The molecule has 1 heterocycles. The third kappa shape index (κ3) is 2.41. The number of nitriles is 1. The second-order valence-electron chi connectivity index (χ2n) is 3.97. The Labute approximate surface area is 107 Å². The van der Waals surface area contributed by atoms with Gasteiger partial charge in [-0.3, -0.25) is 0 Å². The number of nitrogens with zero attached hydrogens (tertiary/aromatic N) is 1. The van der Waals surface area contributed by atoms with Crippen LogP contribution in [-0.2, 0) is 6.42 Å². The summed E-state index contributed by atoms with van der Waals surface area (Å²) in [6, 6.07) is 7.25. The molecule has 0 bridgehead atoms. The van der Waals surface area contributed by atoms with E-state index in [0.29, 0.717) is 12.0 Å². The van der Waals surface area contributed by atoms with Crippen molar-refractivity contribution in [2.24, 2.45) is 0 Å². The van der Waals surface area contributed by atoms with Crippen LogP contribution >= 0.6 is 27.7 Å². The van der Waals surface area contributed by atoms with E-state index in [0.717, 1.165) is 23.1 Å². The van der Waals surface area contributed by atoms with Crippen LogP contribution in [0.3, 0.4) is 0 Å². The molecule has 1 aliphatic rings. The smallest absolute Gasteiger partial charge is 0.126 e. The van der Waals surface area contributed by atoms with E-state index >= 15 is 0 Å². The first-order valence-electron chi connectivity index (χ1n) is 5.14. The van der Waals surface area contributed by atoms with Crippen molar-refractivity contribution in [3.63, 3.8) is 0 Å². The summed E-state index contributed by atoms with van der Waals surface area (Å²) in [7, 11) is 0. The number of thioether (sulfide) groups is 1. The van der Waals surface area contributed by atoms with Gasteiger partial charge in [-0.15, -0.1) is 11.8 Å².